The minimum atomic E-state index is 0.260. The molecule has 0 aliphatic carbocycles. The third-order valence-corrected chi connectivity index (χ3v) is 4.18. The van der Waals surface area contributed by atoms with Crippen LogP contribution in [-0.4, -0.2) is 10.1 Å². The van der Waals surface area contributed by atoms with Crippen LogP contribution in [0.2, 0.25) is 0 Å². The smallest absolute Gasteiger partial charge is 0.187 e. The molecule has 3 rings (SSSR count). The minimum absolute atomic E-state index is 0.260. The largest absolute Gasteiger partial charge is 0.508 e. The molecular formula is C17H16N2OS. The Labute approximate surface area is 127 Å². The quantitative estimate of drug-likeness (QED) is 0.677. The molecule has 0 aliphatic heterocycles. The fourth-order valence-electron chi connectivity index (χ4n) is 2.03. The van der Waals surface area contributed by atoms with Crippen molar-refractivity contribution in [3.8, 4) is 17.0 Å². The molecule has 0 fully saturated rings. The third kappa shape index (κ3) is 3.06. The molecule has 0 amide bonds. The van der Waals surface area contributed by atoms with Gasteiger partial charge in [-0.15, -0.1) is 11.3 Å². The van der Waals surface area contributed by atoms with Crippen LogP contribution in [0.15, 0.2) is 47.8 Å². The number of nitrogens with one attached hydrogen (secondary N) is 1. The molecule has 0 bridgehead atoms. The van der Waals surface area contributed by atoms with Gasteiger partial charge in [0.2, 0.25) is 0 Å². The van der Waals surface area contributed by atoms with Crippen LogP contribution in [0.5, 0.6) is 5.75 Å². The van der Waals surface area contributed by atoms with Crippen LogP contribution < -0.4 is 5.32 Å². The monoisotopic (exact) mass is 296 g/mol. The molecule has 3 aromatic rings. The molecule has 0 spiro atoms. The maximum absolute atomic E-state index is 9.28. The van der Waals surface area contributed by atoms with Crippen molar-refractivity contribution >= 4 is 22.2 Å². The summed E-state index contributed by atoms with van der Waals surface area (Å²) in [5.74, 6) is 0.260. The van der Waals surface area contributed by atoms with E-state index in [1.807, 2.05) is 17.5 Å². The van der Waals surface area contributed by atoms with Crippen LogP contribution in [0.4, 0.5) is 10.8 Å². The maximum Gasteiger partial charge on any atom is 0.187 e. The number of anilines is 2. The Hall–Kier alpha value is -2.33. The number of rotatable bonds is 3. The van der Waals surface area contributed by atoms with Gasteiger partial charge in [-0.1, -0.05) is 12.1 Å². The molecule has 4 heteroatoms. The van der Waals surface area contributed by atoms with E-state index in [2.05, 4.69) is 42.3 Å². The number of phenols is 1. The molecule has 2 N–H and O–H groups in total. The average molecular weight is 296 g/mol. The van der Waals surface area contributed by atoms with E-state index >= 15 is 0 Å². The molecule has 0 saturated carbocycles. The Morgan fingerprint density at radius 2 is 1.76 bits per heavy atom. The highest BCUT2D eigenvalue weighted by Crippen LogP contribution is 2.28. The highest BCUT2D eigenvalue weighted by Gasteiger charge is 2.06. The van der Waals surface area contributed by atoms with Crippen molar-refractivity contribution in [3.63, 3.8) is 0 Å². The molecule has 0 radical (unpaired) electrons. The van der Waals surface area contributed by atoms with E-state index in [4.69, 9.17) is 0 Å². The van der Waals surface area contributed by atoms with Crippen molar-refractivity contribution < 1.29 is 5.11 Å². The zero-order valence-corrected chi connectivity index (χ0v) is 12.7. The van der Waals surface area contributed by atoms with Crippen LogP contribution >= 0.6 is 11.3 Å². The summed E-state index contributed by atoms with van der Waals surface area (Å²) in [4.78, 5) is 4.61. The second-order valence-electron chi connectivity index (χ2n) is 5.01. The first kappa shape index (κ1) is 13.6. The second kappa shape index (κ2) is 5.58. The van der Waals surface area contributed by atoms with E-state index in [0.29, 0.717) is 0 Å². The van der Waals surface area contributed by atoms with Crippen LogP contribution in [0.1, 0.15) is 11.1 Å². The molecule has 106 valence electrons. The van der Waals surface area contributed by atoms with E-state index in [1.54, 1.807) is 23.5 Å². The van der Waals surface area contributed by atoms with E-state index in [9.17, 15) is 5.11 Å². The number of aromatic hydroxyl groups is 1. The van der Waals surface area contributed by atoms with Gasteiger partial charge < -0.3 is 10.4 Å². The molecule has 0 atom stereocenters. The lowest BCUT2D eigenvalue weighted by atomic mass is 10.1. The number of thiazole rings is 1. The molecule has 2 aromatic carbocycles. The first-order valence-corrected chi connectivity index (χ1v) is 7.59. The lowest BCUT2D eigenvalue weighted by Gasteiger charge is -2.03. The molecular weight excluding hydrogens is 280 g/mol. The van der Waals surface area contributed by atoms with Crippen LogP contribution in [0.3, 0.4) is 0 Å². The number of nitrogens with zero attached hydrogens (tertiary/aromatic N) is 1. The molecule has 0 unspecified atom stereocenters. The Balaban J connectivity index is 1.82. The van der Waals surface area contributed by atoms with Gasteiger partial charge in [-0.05, 0) is 55.3 Å². The van der Waals surface area contributed by atoms with Crippen molar-refractivity contribution in [3.05, 3.63) is 59.0 Å². The number of hydrogen-bond acceptors (Lipinski definition) is 4. The Bertz CT molecular complexity index is 763. The van der Waals surface area contributed by atoms with Gasteiger partial charge in [-0.3, -0.25) is 0 Å². The zero-order chi connectivity index (χ0) is 14.8. The molecule has 21 heavy (non-hydrogen) atoms. The summed E-state index contributed by atoms with van der Waals surface area (Å²) in [5.41, 5.74) is 5.58. The van der Waals surface area contributed by atoms with Gasteiger partial charge >= 0.3 is 0 Å². The molecule has 0 saturated heterocycles. The van der Waals surface area contributed by atoms with Gasteiger partial charge in [0.1, 0.15) is 5.75 Å². The topological polar surface area (TPSA) is 45.1 Å². The first-order valence-electron chi connectivity index (χ1n) is 6.71. The number of aromatic nitrogens is 1. The zero-order valence-electron chi connectivity index (χ0n) is 11.9. The summed E-state index contributed by atoms with van der Waals surface area (Å²) in [5, 5.41) is 15.4. The SMILES string of the molecule is Cc1ccc(-c2csc(Nc3ccc(O)cc3)n2)cc1C. The molecule has 1 heterocycles. The Morgan fingerprint density at radius 3 is 2.48 bits per heavy atom. The van der Waals surface area contributed by atoms with Gasteiger partial charge in [0.25, 0.3) is 0 Å². The summed E-state index contributed by atoms with van der Waals surface area (Å²) in [6, 6.07) is 13.3. The number of hydrogen-bond donors (Lipinski definition) is 2. The summed E-state index contributed by atoms with van der Waals surface area (Å²) in [6.07, 6.45) is 0. The van der Waals surface area contributed by atoms with Gasteiger partial charge in [0, 0.05) is 16.6 Å². The summed E-state index contributed by atoms with van der Waals surface area (Å²) >= 11 is 1.57. The minimum Gasteiger partial charge on any atom is -0.508 e. The first-order chi connectivity index (χ1) is 10.1. The number of aryl methyl sites for hydroxylation is 2. The van der Waals surface area contributed by atoms with Crippen molar-refractivity contribution in [2.75, 3.05) is 5.32 Å². The molecule has 0 aliphatic rings. The lowest BCUT2D eigenvalue weighted by Crippen LogP contribution is -1.89. The van der Waals surface area contributed by atoms with Crippen molar-refractivity contribution in [2.24, 2.45) is 0 Å². The maximum atomic E-state index is 9.28. The normalized spacial score (nSPS) is 10.6. The lowest BCUT2D eigenvalue weighted by molar-refractivity contribution is 0.475. The Morgan fingerprint density at radius 1 is 1.00 bits per heavy atom. The van der Waals surface area contributed by atoms with Crippen LogP contribution in [0.25, 0.3) is 11.3 Å². The number of benzene rings is 2. The highest BCUT2D eigenvalue weighted by molar-refractivity contribution is 7.14. The van der Waals surface area contributed by atoms with Crippen LogP contribution in [0, 0.1) is 13.8 Å². The standard InChI is InChI=1S/C17H16N2OS/c1-11-3-4-13(9-12(11)2)16-10-21-17(19-16)18-14-5-7-15(20)8-6-14/h3-10,20H,1-2H3,(H,18,19). The second-order valence-corrected chi connectivity index (χ2v) is 5.87. The van der Waals surface area contributed by atoms with Crippen molar-refractivity contribution in [1.29, 1.82) is 0 Å². The van der Waals surface area contributed by atoms with Gasteiger partial charge in [0.15, 0.2) is 5.13 Å². The van der Waals surface area contributed by atoms with E-state index in [-0.39, 0.29) is 5.75 Å². The predicted molar refractivity (Wildman–Crippen MR) is 88.4 cm³/mol. The van der Waals surface area contributed by atoms with Gasteiger partial charge in [-0.25, -0.2) is 4.98 Å². The van der Waals surface area contributed by atoms with E-state index in [1.165, 1.54) is 11.1 Å². The third-order valence-electron chi connectivity index (χ3n) is 3.43. The van der Waals surface area contributed by atoms with Crippen molar-refractivity contribution in [1.82, 2.24) is 4.98 Å². The van der Waals surface area contributed by atoms with E-state index in [0.717, 1.165) is 22.1 Å². The summed E-state index contributed by atoms with van der Waals surface area (Å²) < 4.78 is 0. The number of phenolic OH excluding ortho intramolecular Hbond substituents is 1. The summed E-state index contributed by atoms with van der Waals surface area (Å²) in [6.45, 7) is 4.22. The Kier molecular flexibility index (Phi) is 3.62. The highest BCUT2D eigenvalue weighted by atomic mass is 32.1. The average Bonchev–Trinajstić information content (AvgIpc) is 2.93. The fourth-order valence-corrected chi connectivity index (χ4v) is 2.77. The molecule has 3 nitrogen and oxygen atoms in total. The fraction of sp³-hybridized carbons (Fsp3) is 0.118. The van der Waals surface area contributed by atoms with Crippen molar-refractivity contribution in [2.45, 2.75) is 13.8 Å². The predicted octanol–water partition coefficient (Wildman–Crippen LogP) is 4.88. The van der Waals surface area contributed by atoms with Crippen LogP contribution in [-0.2, 0) is 0 Å². The van der Waals surface area contributed by atoms with Gasteiger partial charge in [0.05, 0.1) is 5.69 Å². The summed E-state index contributed by atoms with van der Waals surface area (Å²) in [7, 11) is 0. The molecule has 1 aromatic heterocycles. The van der Waals surface area contributed by atoms with E-state index < -0.39 is 0 Å². The van der Waals surface area contributed by atoms with Gasteiger partial charge in [-0.2, -0.15) is 0 Å².